The molecule has 2 N–H and O–H groups in total. The van der Waals surface area contributed by atoms with Crippen molar-refractivity contribution in [2.24, 2.45) is 5.90 Å². The molecule has 0 spiro atoms. The number of likely N-dealkylation sites (tertiary alicyclic amines) is 1. The highest BCUT2D eigenvalue weighted by molar-refractivity contribution is 5.79. The summed E-state index contributed by atoms with van der Waals surface area (Å²) in [5.74, 6) is 5.34. The molecule has 1 unspecified atom stereocenters. The zero-order valence-electron chi connectivity index (χ0n) is 11.5. The van der Waals surface area contributed by atoms with Crippen molar-refractivity contribution in [2.75, 3.05) is 13.2 Å². The van der Waals surface area contributed by atoms with E-state index in [4.69, 9.17) is 10.7 Å². The second-order valence-corrected chi connectivity index (χ2v) is 5.17. The van der Waals surface area contributed by atoms with Crippen LogP contribution in [0.15, 0.2) is 24.3 Å². The van der Waals surface area contributed by atoms with Gasteiger partial charge in [-0.25, -0.2) is 5.90 Å². The molecule has 19 heavy (non-hydrogen) atoms. The fourth-order valence-corrected chi connectivity index (χ4v) is 2.69. The summed E-state index contributed by atoms with van der Waals surface area (Å²) < 4.78 is 0. The quantitative estimate of drug-likeness (QED) is 0.842. The molecule has 1 fully saturated rings. The predicted molar refractivity (Wildman–Crippen MR) is 74.4 cm³/mol. The first-order valence-corrected chi connectivity index (χ1v) is 6.88. The molecule has 0 radical (unpaired) electrons. The molecule has 1 saturated heterocycles. The van der Waals surface area contributed by atoms with Crippen LogP contribution in [0.3, 0.4) is 0 Å². The lowest BCUT2D eigenvalue weighted by Crippen LogP contribution is -2.47. The van der Waals surface area contributed by atoms with Crippen molar-refractivity contribution >= 4 is 5.91 Å². The van der Waals surface area contributed by atoms with Crippen LogP contribution in [0.25, 0.3) is 0 Å². The third-order valence-corrected chi connectivity index (χ3v) is 3.84. The molecule has 2 rings (SSSR count). The van der Waals surface area contributed by atoms with Crippen LogP contribution >= 0.6 is 0 Å². The number of hydrogen-bond donors (Lipinski definition) is 1. The van der Waals surface area contributed by atoms with Crippen LogP contribution in [0, 0.1) is 6.92 Å². The summed E-state index contributed by atoms with van der Waals surface area (Å²) in [5.41, 5.74) is 2.27. The Morgan fingerprint density at radius 2 is 2.21 bits per heavy atom. The van der Waals surface area contributed by atoms with Crippen molar-refractivity contribution < 1.29 is 9.63 Å². The summed E-state index contributed by atoms with van der Waals surface area (Å²) in [4.78, 5) is 19.1. The Hall–Kier alpha value is -1.39. The van der Waals surface area contributed by atoms with Gasteiger partial charge >= 0.3 is 0 Å². The normalized spacial score (nSPS) is 19.5. The van der Waals surface area contributed by atoms with Crippen molar-refractivity contribution in [3.05, 3.63) is 35.4 Å². The first kappa shape index (κ1) is 14.0. The number of nitrogens with two attached hydrogens (primary N) is 1. The van der Waals surface area contributed by atoms with Gasteiger partial charge in [0.05, 0.1) is 19.1 Å². The Balaban J connectivity index is 2.03. The van der Waals surface area contributed by atoms with Gasteiger partial charge in [0, 0.05) is 6.54 Å². The largest absolute Gasteiger partial charge is 0.337 e. The van der Waals surface area contributed by atoms with E-state index in [9.17, 15) is 4.79 Å². The van der Waals surface area contributed by atoms with Gasteiger partial charge in [0.2, 0.25) is 5.91 Å². The molecule has 1 aliphatic heterocycles. The van der Waals surface area contributed by atoms with Gasteiger partial charge < -0.3 is 9.74 Å². The molecule has 1 aromatic carbocycles. The second kappa shape index (κ2) is 6.68. The van der Waals surface area contributed by atoms with Gasteiger partial charge in [-0.2, -0.15) is 0 Å². The lowest BCUT2D eigenvalue weighted by atomic mass is 10.00. The first-order valence-electron chi connectivity index (χ1n) is 6.88. The highest BCUT2D eigenvalue weighted by Crippen LogP contribution is 2.19. The third-order valence-electron chi connectivity index (χ3n) is 3.84. The van der Waals surface area contributed by atoms with Gasteiger partial charge in [0.15, 0.2) is 0 Å². The van der Waals surface area contributed by atoms with E-state index in [1.807, 2.05) is 36.1 Å². The minimum atomic E-state index is 0.135. The third kappa shape index (κ3) is 3.55. The fourth-order valence-electron chi connectivity index (χ4n) is 2.69. The van der Waals surface area contributed by atoms with Crippen molar-refractivity contribution in [3.63, 3.8) is 0 Å². The number of piperidine rings is 1. The smallest absolute Gasteiger partial charge is 0.227 e. The summed E-state index contributed by atoms with van der Waals surface area (Å²) in [6.07, 6.45) is 3.66. The number of nitrogens with zero attached hydrogens (tertiary/aromatic N) is 1. The van der Waals surface area contributed by atoms with E-state index in [2.05, 4.69) is 0 Å². The molecule has 0 aliphatic carbocycles. The molecule has 1 aromatic rings. The van der Waals surface area contributed by atoms with Crippen LogP contribution < -0.4 is 5.90 Å². The molecule has 1 atom stereocenters. The minimum Gasteiger partial charge on any atom is -0.337 e. The van der Waals surface area contributed by atoms with E-state index in [0.29, 0.717) is 13.0 Å². The SMILES string of the molecule is Cc1ccccc1CC(=O)N1CCCCC1CON. The zero-order valence-corrected chi connectivity index (χ0v) is 11.5. The maximum atomic E-state index is 12.4. The number of carbonyl (C=O) groups is 1. The maximum absolute atomic E-state index is 12.4. The summed E-state index contributed by atoms with van der Waals surface area (Å²) in [7, 11) is 0. The van der Waals surface area contributed by atoms with Gasteiger partial charge in [0.1, 0.15) is 0 Å². The predicted octanol–water partition coefficient (Wildman–Crippen LogP) is 1.81. The van der Waals surface area contributed by atoms with Crippen molar-refractivity contribution in [1.29, 1.82) is 0 Å². The van der Waals surface area contributed by atoms with Crippen molar-refractivity contribution in [3.8, 4) is 0 Å². The van der Waals surface area contributed by atoms with Gasteiger partial charge in [-0.05, 0) is 37.3 Å². The minimum absolute atomic E-state index is 0.135. The van der Waals surface area contributed by atoms with Crippen molar-refractivity contribution in [2.45, 2.75) is 38.6 Å². The van der Waals surface area contributed by atoms with Gasteiger partial charge in [-0.3, -0.25) is 4.79 Å². The fraction of sp³-hybridized carbons (Fsp3) is 0.533. The summed E-state index contributed by atoms with van der Waals surface area (Å²) >= 11 is 0. The molecule has 1 aliphatic rings. The van der Waals surface area contributed by atoms with Crippen LogP contribution in [0.1, 0.15) is 30.4 Å². The molecule has 4 heteroatoms. The van der Waals surface area contributed by atoms with Crippen LogP contribution in [0.5, 0.6) is 0 Å². The lowest BCUT2D eigenvalue weighted by Gasteiger charge is -2.35. The Bertz CT molecular complexity index is 432. The Labute approximate surface area is 114 Å². The molecule has 0 aromatic heterocycles. The molecule has 104 valence electrons. The average Bonchev–Trinajstić information content (AvgIpc) is 2.42. The highest BCUT2D eigenvalue weighted by atomic mass is 16.6. The molecular formula is C15H22N2O2. The Morgan fingerprint density at radius 3 is 2.95 bits per heavy atom. The van der Waals surface area contributed by atoms with E-state index in [1.54, 1.807) is 0 Å². The molecule has 0 bridgehead atoms. The number of benzene rings is 1. The second-order valence-electron chi connectivity index (χ2n) is 5.17. The summed E-state index contributed by atoms with van der Waals surface area (Å²) in [5, 5.41) is 0. The molecule has 0 saturated carbocycles. The van der Waals surface area contributed by atoms with E-state index >= 15 is 0 Å². The van der Waals surface area contributed by atoms with E-state index < -0.39 is 0 Å². The van der Waals surface area contributed by atoms with Crippen LogP contribution in [-0.4, -0.2) is 30.0 Å². The van der Waals surface area contributed by atoms with Crippen LogP contribution in [0.4, 0.5) is 0 Å². The number of amides is 1. The van der Waals surface area contributed by atoms with Gasteiger partial charge in [-0.15, -0.1) is 0 Å². The van der Waals surface area contributed by atoms with Gasteiger partial charge in [-0.1, -0.05) is 24.3 Å². The Kier molecular flexibility index (Phi) is 4.93. The highest BCUT2D eigenvalue weighted by Gasteiger charge is 2.26. The number of carbonyl (C=O) groups excluding carboxylic acids is 1. The van der Waals surface area contributed by atoms with E-state index in [0.717, 1.165) is 31.4 Å². The maximum Gasteiger partial charge on any atom is 0.227 e. The first-order chi connectivity index (χ1) is 9.22. The standard InChI is InChI=1S/C15H22N2O2/c1-12-6-2-3-7-13(12)10-15(18)17-9-5-4-8-14(17)11-19-16/h2-3,6-7,14H,4-5,8-11,16H2,1H3. The average molecular weight is 262 g/mol. The summed E-state index contributed by atoms with van der Waals surface area (Å²) in [6, 6.07) is 8.17. The van der Waals surface area contributed by atoms with Crippen LogP contribution in [-0.2, 0) is 16.1 Å². The molecule has 1 heterocycles. The number of aryl methyl sites for hydroxylation is 1. The number of hydrogen-bond acceptors (Lipinski definition) is 3. The van der Waals surface area contributed by atoms with E-state index in [1.165, 1.54) is 5.56 Å². The lowest BCUT2D eigenvalue weighted by molar-refractivity contribution is -0.135. The van der Waals surface area contributed by atoms with Gasteiger partial charge in [0.25, 0.3) is 0 Å². The Morgan fingerprint density at radius 1 is 1.42 bits per heavy atom. The van der Waals surface area contributed by atoms with E-state index in [-0.39, 0.29) is 11.9 Å². The topological polar surface area (TPSA) is 55.6 Å². The van der Waals surface area contributed by atoms with Crippen LogP contribution in [0.2, 0.25) is 0 Å². The number of rotatable bonds is 4. The molecule has 4 nitrogen and oxygen atoms in total. The zero-order chi connectivity index (χ0) is 13.7. The summed E-state index contributed by atoms with van der Waals surface area (Å²) in [6.45, 7) is 3.29. The molecule has 1 amide bonds. The molecular weight excluding hydrogens is 240 g/mol. The van der Waals surface area contributed by atoms with Crippen molar-refractivity contribution in [1.82, 2.24) is 4.90 Å². The monoisotopic (exact) mass is 262 g/mol.